The molecule has 1 N–H and O–H groups in total. The first kappa shape index (κ1) is 15.8. The van der Waals surface area contributed by atoms with Crippen LogP contribution in [0, 0.1) is 0 Å². The highest BCUT2D eigenvalue weighted by Gasteiger charge is 2.17. The smallest absolute Gasteiger partial charge is 0.228 e. The van der Waals surface area contributed by atoms with Gasteiger partial charge in [0.2, 0.25) is 5.91 Å². The number of hydrogen-bond donors (Lipinski definition) is 1. The molecule has 2 aromatic carbocycles. The van der Waals surface area contributed by atoms with Gasteiger partial charge in [-0.25, -0.2) is 9.97 Å². The lowest BCUT2D eigenvalue weighted by atomic mass is 10.0. The van der Waals surface area contributed by atoms with Gasteiger partial charge in [0, 0.05) is 35.1 Å². The van der Waals surface area contributed by atoms with Crippen molar-refractivity contribution in [1.29, 1.82) is 0 Å². The van der Waals surface area contributed by atoms with Crippen molar-refractivity contribution in [2.45, 2.75) is 19.3 Å². The summed E-state index contributed by atoms with van der Waals surface area (Å²) >= 11 is 6.18. The Morgan fingerprint density at radius 3 is 2.60 bits per heavy atom. The van der Waals surface area contributed by atoms with Gasteiger partial charge < -0.3 is 5.32 Å². The Kier molecular flexibility index (Phi) is 4.20. The maximum atomic E-state index is 11.5. The number of aryl methyl sites for hydroxylation is 2. The molecule has 2 heterocycles. The highest BCUT2D eigenvalue weighted by atomic mass is 35.5. The van der Waals surface area contributed by atoms with Gasteiger partial charge in [-0.05, 0) is 41.3 Å². The predicted octanol–water partition coefficient (Wildman–Crippen LogP) is 4.08. The topological polar surface area (TPSA) is 54.9 Å². The van der Waals surface area contributed by atoms with E-state index in [-0.39, 0.29) is 5.91 Å². The number of fused-ring (bicyclic) bond motifs is 1. The molecule has 0 atom stereocenters. The van der Waals surface area contributed by atoms with E-state index in [1.807, 2.05) is 54.9 Å². The van der Waals surface area contributed by atoms with Gasteiger partial charge in [0.1, 0.15) is 5.82 Å². The van der Waals surface area contributed by atoms with Gasteiger partial charge in [-0.15, -0.1) is 0 Å². The lowest BCUT2D eigenvalue weighted by molar-refractivity contribution is -0.115. The lowest BCUT2D eigenvalue weighted by Crippen LogP contribution is -2.03. The van der Waals surface area contributed by atoms with Crippen molar-refractivity contribution in [2.24, 2.45) is 0 Å². The lowest BCUT2D eigenvalue weighted by Gasteiger charge is -2.06. The third-order valence-electron chi connectivity index (χ3n) is 4.34. The second-order valence-corrected chi connectivity index (χ2v) is 6.48. The second-order valence-electron chi connectivity index (χ2n) is 6.08. The van der Waals surface area contributed by atoms with Gasteiger partial charge in [-0.3, -0.25) is 4.79 Å². The summed E-state index contributed by atoms with van der Waals surface area (Å²) in [6.45, 7) is 0. The standard InChI is InChI=1S/C20H16ClN3O/c21-17-4-2-1-3-13(17)6-8-19-22-11-16(12-23-19)14-5-7-18-15(9-14)10-20(25)24-18/h1-5,7,9,11-12H,6,8,10H2,(H,24,25). The molecule has 3 aromatic rings. The number of halogens is 1. The number of rotatable bonds is 4. The van der Waals surface area contributed by atoms with Crippen LogP contribution in [0.2, 0.25) is 5.02 Å². The Morgan fingerprint density at radius 2 is 1.80 bits per heavy atom. The number of aromatic nitrogens is 2. The molecule has 1 aliphatic heterocycles. The van der Waals surface area contributed by atoms with Crippen LogP contribution in [0.4, 0.5) is 5.69 Å². The fourth-order valence-electron chi connectivity index (χ4n) is 2.99. The molecule has 4 rings (SSSR count). The molecule has 1 aromatic heterocycles. The van der Waals surface area contributed by atoms with Gasteiger partial charge >= 0.3 is 0 Å². The van der Waals surface area contributed by atoms with Crippen molar-refractivity contribution in [3.05, 3.63) is 76.8 Å². The summed E-state index contributed by atoms with van der Waals surface area (Å²) < 4.78 is 0. The van der Waals surface area contributed by atoms with Crippen LogP contribution in [0.25, 0.3) is 11.1 Å². The average Bonchev–Trinajstić information content (AvgIpc) is 3.00. The molecule has 0 bridgehead atoms. The number of benzene rings is 2. The number of hydrogen-bond acceptors (Lipinski definition) is 3. The number of carbonyl (C=O) groups excluding carboxylic acids is 1. The van der Waals surface area contributed by atoms with E-state index < -0.39 is 0 Å². The van der Waals surface area contributed by atoms with Crippen molar-refractivity contribution < 1.29 is 4.79 Å². The van der Waals surface area contributed by atoms with Crippen molar-refractivity contribution in [3.63, 3.8) is 0 Å². The average molecular weight is 350 g/mol. The maximum absolute atomic E-state index is 11.5. The van der Waals surface area contributed by atoms with E-state index in [1.165, 1.54) is 0 Å². The molecular formula is C20H16ClN3O. The zero-order valence-electron chi connectivity index (χ0n) is 13.5. The van der Waals surface area contributed by atoms with Crippen LogP contribution >= 0.6 is 11.6 Å². The van der Waals surface area contributed by atoms with E-state index in [9.17, 15) is 4.79 Å². The second kappa shape index (κ2) is 6.65. The van der Waals surface area contributed by atoms with Crippen LogP contribution in [0.1, 0.15) is 17.0 Å². The fourth-order valence-corrected chi connectivity index (χ4v) is 3.22. The van der Waals surface area contributed by atoms with Crippen LogP contribution in [-0.2, 0) is 24.1 Å². The third-order valence-corrected chi connectivity index (χ3v) is 4.71. The molecule has 0 saturated heterocycles. The Balaban J connectivity index is 1.48. The summed E-state index contributed by atoms with van der Waals surface area (Å²) in [4.78, 5) is 20.4. The predicted molar refractivity (Wildman–Crippen MR) is 98.7 cm³/mol. The molecular weight excluding hydrogens is 334 g/mol. The van der Waals surface area contributed by atoms with Crippen LogP contribution in [0.15, 0.2) is 54.9 Å². The van der Waals surface area contributed by atoms with Crippen molar-refractivity contribution in [1.82, 2.24) is 9.97 Å². The molecule has 4 nitrogen and oxygen atoms in total. The first-order valence-corrected chi connectivity index (χ1v) is 8.54. The van der Waals surface area contributed by atoms with Gasteiger partial charge in [-0.1, -0.05) is 35.9 Å². The highest BCUT2D eigenvalue weighted by Crippen LogP contribution is 2.28. The zero-order chi connectivity index (χ0) is 17.2. The molecule has 1 amide bonds. The van der Waals surface area contributed by atoms with Gasteiger partial charge in [-0.2, -0.15) is 0 Å². The molecule has 1 aliphatic rings. The van der Waals surface area contributed by atoms with Crippen LogP contribution in [0.3, 0.4) is 0 Å². The number of nitrogens with one attached hydrogen (secondary N) is 1. The normalized spacial score (nSPS) is 12.8. The molecule has 0 radical (unpaired) electrons. The largest absolute Gasteiger partial charge is 0.326 e. The maximum Gasteiger partial charge on any atom is 0.228 e. The SMILES string of the molecule is O=C1Cc2cc(-c3cnc(CCc4ccccc4Cl)nc3)ccc2N1. The molecule has 0 spiro atoms. The molecule has 124 valence electrons. The Hall–Kier alpha value is -2.72. The van der Waals surface area contributed by atoms with Gasteiger partial charge in [0.05, 0.1) is 6.42 Å². The first-order chi connectivity index (χ1) is 12.2. The van der Waals surface area contributed by atoms with Crippen molar-refractivity contribution in [2.75, 3.05) is 5.32 Å². The van der Waals surface area contributed by atoms with E-state index in [2.05, 4.69) is 15.3 Å². The Morgan fingerprint density at radius 1 is 1.00 bits per heavy atom. The Labute approximate surface area is 150 Å². The highest BCUT2D eigenvalue weighted by molar-refractivity contribution is 6.31. The molecule has 25 heavy (non-hydrogen) atoms. The van der Waals surface area contributed by atoms with E-state index in [1.54, 1.807) is 0 Å². The monoisotopic (exact) mass is 349 g/mol. The van der Waals surface area contributed by atoms with Gasteiger partial charge in [0.15, 0.2) is 0 Å². The summed E-state index contributed by atoms with van der Waals surface area (Å²) in [5.41, 5.74) is 4.99. The fraction of sp³-hybridized carbons (Fsp3) is 0.150. The summed E-state index contributed by atoms with van der Waals surface area (Å²) in [5, 5.41) is 3.62. The summed E-state index contributed by atoms with van der Waals surface area (Å²) in [6.07, 6.45) is 5.65. The van der Waals surface area contributed by atoms with Crippen LogP contribution in [0.5, 0.6) is 0 Å². The summed E-state index contributed by atoms with van der Waals surface area (Å²) in [5.74, 6) is 0.833. The van der Waals surface area contributed by atoms with Crippen LogP contribution in [-0.4, -0.2) is 15.9 Å². The molecule has 0 unspecified atom stereocenters. The Bertz CT molecular complexity index is 938. The zero-order valence-corrected chi connectivity index (χ0v) is 14.3. The third kappa shape index (κ3) is 3.39. The van der Waals surface area contributed by atoms with Crippen molar-refractivity contribution in [3.8, 4) is 11.1 Å². The van der Waals surface area contributed by atoms with E-state index in [4.69, 9.17) is 11.6 Å². The van der Waals surface area contributed by atoms with E-state index >= 15 is 0 Å². The molecule has 0 aliphatic carbocycles. The molecule has 0 fully saturated rings. The minimum absolute atomic E-state index is 0.0401. The minimum atomic E-state index is 0.0401. The van der Waals surface area contributed by atoms with Gasteiger partial charge in [0.25, 0.3) is 0 Å². The van der Waals surface area contributed by atoms with E-state index in [0.717, 1.165) is 51.6 Å². The quantitative estimate of drug-likeness (QED) is 0.772. The molecule has 0 saturated carbocycles. The number of carbonyl (C=O) groups is 1. The number of amides is 1. The summed E-state index contributed by atoms with van der Waals surface area (Å²) in [6, 6.07) is 13.8. The minimum Gasteiger partial charge on any atom is -0.326 e. The van der Waals surface area contributed by atoms with E-state index in [0.29, 0.717) is 6.42 Å². The van der Waals surface area contributed by atoms with Crippen LogP contribution < -0.4 is 5.32 Å². The first-order valence-electron chi connectivity index (χ1n) is 8.16. The summed E-state index contributed by atoms with van der Waals surface area (Å²) in [7, 11) is 0. The number of nitrogens with zero attached hydrogens (tertiary/aromatic N) is 2. The van der Waals surface area contributed by atoms with Crippen molar-refractivity contribution >= 4 is 23.2 Å². The number of anilines is 1. The molecule has 5 heteroatoms.